The van der Waals surface area contributed by atoms with Crippen LogP contribution in [-0.4, -0.2) is 40.8 Å². The summed E-state index contributed by atoms with van der Waals surface area (Å²) >= 11 is 5.86. The molecule has 114 valence electrons. The second-order valence-corrected chi connectivity index (χ2v) is 4.07. The fraction of sp³-hybridized carbons (Fsp3) is 0.300. The molecule has 1 heterocycles. The minimum absolute atomic E-state index is 0.0336. The van der Waals surface area contributed by atoms with Crippen LogP contribution >= 0.6 is 11.6 Å². The van der Waals surface area contributed by atoms with Gasteiger partial charge in [-0.25, -0.2) is 9.97 Å². The Morgan fingerprint density at radius 2 is 2.00 bits per heavy atom. The second kappa shape index (κ2) is 7.36. The molecule has 10 nitrogen and oxygen atoms in total. The lowest BCUT2D eigenvalue weighted by molar-refractivity contribution is -0.118. The van der Waals surface area contributed by atoms with E-state index in [1.54, 1.807) is 0 Å². The van der Waals surface area contributed by atoms with Crippen LogP contribution in [0.15, 0.2) is 0 Å². The lowest BCUT2D eigenvalue weighted by atomic mass is 10.3. The molecule has 2 amide bonds. The Labute approximate surface area is 125 Å². The number of nitrogens with one attached hydrogen (secondary N) is 4. The summed E-state index contributed by atoms with van der Waals surface area (Å²) in [4.78, 5) is 30.6. The van der Waals surface area contributed by atoms with Crippen molar-refractivity contribution in [1.82, 2.24) is 20.6 Å². The first-order chi connectivity index (χ1) is 9.88. The summed E-state index contributed by atoms with van der Waals surface area (Å²) in [5, 5.41) is 14.3. The van der Waals surface area contributed by atoms with Crippen molar-refractivity contribution in [3.05, 3.63) is 10.8 Å². The van der Waals surface area contributed by atoms with Crippen LogP contribution in [0.4, 0.5) is 11.6 Å². The van der Waals surface area contributed by atoms with E-state index < -0.39 is 17.8 Å². The SMILES string of the molecule is CCNc1nc(N)c(C(=O)NC(=N)NC(=O)CN)nc1Cl. The summed E-state index contributed by atoms with van der Waals surface area (Å²) in [6, 6.07) is 0. The van der Waals surface area contributed by atoms with Gasteiger partial charge in [0.05, 0.1) is 6.54 Å². The Hall–Kier alpha value is -2.46. The van der Waals surface area contributed by atoms with E-state index in [0.717, 1.165) is 0 Å². The molecule has 1 rings (SSSR count). The number of carbonyl (C=O) groups excluding carboxylic acids is 2. The normalized spacial score (nSPS) is 9.86. The number of nitrogens with zero attached hydrogens (tertiary/aromatic N) is 2. The zero-order chi connectivity index (χ0) is 16.0. The van der Waals surface area contributed by atoms with Gasteiger partial charge in [-0.1, -0.05) is 11.6 Å². The monoisotopic (exact) mass is 314 g/mol. The standard InChI is InChI=1S/C10H15ClN8O2/c1-2-15-8-6(11)17-5(7(13)18-8)9(21)19-10(14)16-4(20)3-12/h2-3,12H2,1H3,(H3,13,15,18)(H3,14,16,19,20,21). The minimum atomic E-state index is -0.827. The van der Waals surface area contributed by atoms with E-state index in [9.17, 15) is 9.59 Å². The second-order valence-electron chi connectivity index (χ2n) is 3.71. The van der Waals surface area contributed by atoms with E-state index in [-0.39, 0.29) is 29.0 Å². The van der Waals surface area contributed by atoms with Gasteiger partial charge >= 0.3 is 0 Å². The van der Waals surface area contributed by atoms with E-state index in [4.69, 9.17) is 28.5 Å². The molecule has 0 aliphatic heterocycles. The van der Waals surface area contributed by atoms with E-state index >= 15 is 0 Å². The van der Waals surface area contributed by atoms with Crippen molar-refractivity contribution in [1.29, 1.82) is 5.41 Å². The maximum Gasteiger partial charge on any atom is 0.280 e. The van der Waals surface area contributed by atoms with Crippen LogP contribution in [0.25, 0.3) is 0 Å². The highest BCUT2D eigenvalue weighted by Crippen LogP contribution is 2.20. The molecule has 21 heavy (non-hydrogen) atoms. The lowest BCUT2D eigenvalue weighted by Gasteiger charge is -2.10. The Morgan fingerprint density at radius 1 is 1.33 bits per heavy atom. The van der Waals surface area contributed by atoms with E-state index in [2.05, 4.69) is 20.6 Å². The number of hydrogen-bond acceptors (Lipinski definition) is 8. The summed E-state index contributed by atoms with van der Waals surface area (Å²) in [5.41, 5.74) is 10.4. The number of nitrogen functional groups attached to an aromatic ring is 1. The molecular formula is C10H15ClN8O2. The fourth-order valence-electron chi connectivity index (χ4n) is 1.27. The third-order valence-corrected chi connectivity index (χ3v) is 2.39. The number of anilines is 2. The van der Waals surface area contributed by atoms with Gasteiger partial charge in [-0.05, 0) is 6.92 Å². The Balaban J connectivity index is 2.85. The molecule has 1 aromatic rings. The molecule has 0 atom stereocenters. The predicted octanol–water partition coefficient (Wildman–Crippen LogP) is -1.12. The summed E-state index contributed by atoms with van der Waals surface area (Å²) in [7, 11) is 0. The zero-order valence-electron chi connectivity index (χ0n) is 11.2. The van der Waals surface area contributed by atoms with Gasteiger partial charge in [0.25, 0.3) is 5.91 Å². The molecule has 8 N–H and O–H groups in total. The highest BCUT2D eigenvalue weighted by Gasteiger charge is 2.18. The molecule has 0 radical (unpaired) electrons. The molecule has 11 heteroatoms. The van der Waals surface area contributed by atoms with Crippen LogP contribution in [-0.2, 0) is 4.79 Å². The number of rotatable bonds is 4. The van der Waals surface area contributed by atoms with E-state index in [1.165, 1.54) is 0 Å². The van der Waals surface area contributed by atoms with Crippen molar-refractivity contribution < 1.29 is 9.59 Å². The molecule has 0 spiro atoms. The van der Waals surface area contributed by atoms with Gasteiger partial charge in [-0.15, -0.1) is 0 Å². The Kier molecular flexibility index (Phi) is 5.81. The van der Waals surface area contributed by atoms with Gasteiger partial charge in [0, 0.05) is 6.54 Å². The highest BCUT2D eigenvalue weighted by atomic mass is 35.5. The van der Waals surface area contributed by atoms with Crippen LogP contribution in [0.5, 0.6) is 0 Å². The zero-order valence-corrected chi connectivity index (χ0v) is 11.9. The van der Waals surface area contributed by atoms with E-state index in [1.807, 2.05) is 12.2 Å². The molecule has 1 aromatic heterocycles. The van der Waals surface area contributed by atoms with Crippen LogP contribution in [0, 0.1) is 5.41 Å². The van der Waals surface area contributed by atoms with Crippen molar-refractivity contribution in [2.24, 2.45) is 5.73 Å². The number of amides is 2. The third-order valence-electron chi connectivity index (χ3n) is 2.13. The molecule has 0 unspecified atom stereocenters. The van der Waals surface area contributed by atoms with Gasteiger partial charge in [-0.2, -0.15) is 0 Å². The summed E-state index contributed by atoms with van der Waals surface area (Å²) < 4.78 is 0. The molecular weight excluding hydrogens is 300 g/mol. The first-order valence-electron chi connectivity index (χ1n) is 5.85. The molecule has 0 bridgehead atoms. The molecule has 0 aliphatic carbocycles. The first-order valence-corrected chi connectivity index (χ1v) is 6.23. The number of carbonyl (C=O) groups is 2. The largest absolute Gasteiger partial charge is 0.382 e. The van der Waals surface area contributed by atoms with Crippen molar-refractivity contribution in [3.63, 3.8) is 0 Å². The van der Waals surface area contributed by atoms with Gasteiger partial charge in [0.1, 0.15) is 0 Å². The van der Waals surface area contributed by atoms with Gasteiger partial charge in [-0.3, -0.25) is 25.6 Å². The third kappa shape index (κ3) is 4.54. The molecule has 0 saturated carbocycles. The van der Waals surface area contributed by atoms with Crippen LogP contribution in [0.3, 0.4) is 0 Å². The highest BCUT2D eigenvalue weighted by molar-refractivity contribution is 6.32. The Bertz CT molecular complexity index is 576. The number of guanidine groups is 1. The van der Waals surface area contributed by atoms with Gasteiger partial charge in [0.15, 0.2) is 22.5 Å². The van der Waals surface area contributed by atoms with Crippen molar-refractivity contribution in [2.75, 3.05) is 24.1 Å². The number of aromatic nitrogens is 2. The van der Waals surface area contributed by atoms with Crippen LogP contribution in [0.1, 0.15) is 17.4 Å². The lowest BCUT2D eigenvalue weighted by Crippen LogP contribution is -2.45. The maximum absolute atomic E-state index is 11.9. The summed E-state index contributed by atoms with van der Waals surface area (Å²) in [5.74, 6) is -1.92. The molecule has 0 saturated heterocycles. The number of halogens is 1. The van der Waals surface area contributed by atoms with Gasteiger partial charge < -0.3 is 16.8 Å². The topological polar surface area (TPSA) is 172 Å². The smallest absolute Gasteiger partial charge is 0.280 e. The molecule has 0 aliphatic rings. The van der Waals surface area contributed by atoms with Crippen LogP contribution in [0.2, 0.25) is 5.15 Å². The minimum Gasteiger partial charge on any atom is -0.382 e. The number of nitrogens with two attached hydrogens (primary N) is 2. The summed E-state index contributed by atoms with van der Waals surface area (Å²) in [6.45, 7) is 2.06. The fourth-order valence-corrected chi connectivity index (χ4v) is 1.46. The average Bonchev–Trinajstić information content (AvgIpc) is 2.42. The van der Waals surface area contributed by atoms with Crippen LogP contribution < -0.4 is 27.4 Å². The van der Waals surface area contributed by atoms with Crippen molar-refractivity contribution in [2.45, 2.75) is 6.92 Å². The van der Waals surface area contributed by atoms with Gasteiger partial charge in [0.2, 0.25) is 11.9 Å². The van der Waals surface area contributed by atoms with Crippen molar-refractivity contribution >= 4 is 41.0 Å². The molecule has 0 aromatic carbocycles. The number of hydrogen-bond donors (Lipinski definition) is 6. The van der Waals surface area contributed by atoms with E-state index in [0.29, 0.717) is 6.54 Å². The first kappa shape index (κ1) is 16.6. The predicted molar refractivity (Wildman–Crippen MR) is 78.0 cm³/mol. The van der Waals surface area contributed by atoms with Crippen molar-refractivity contribution in [3.8, 4) is 0 Å². The maximum atomic E-state index is 11.9. The summed E-state index contributed by atoms with van der Waals surface area (Å²) in [6.07, 6.45) is 0. The average molecular weight is 315 g/mol. The molecule has 0 fully saturated rings. The quantitative estimate of drug-likeness (QED) is 0.302. The Morgan fingerprint density at radius 3 is 2.57 bits per heavy atom.